The number of amides is 1. The molecular formula is C16H18FN3OS. The topological polar surface area (TPSA) is 46.9 Å². The van der Waals surface area contributed by atoms with Crippen LogP contribution in [-0.2, 0) is 4.79 Å². The Hall–Kier alpha value is -1.82. The van der Waals surface area contributed by atoms with Crippen LogP contribution >= 0.6 is 11.8 Å². The van der Waals surface area contributed by atoms with Gasteiger partial charge in [0.05, 0.1) is 11.9 Å². The van der Waals surface area contributed by atoms with Crippen molar-refractivity contribution < 1.29 is 9.18 Å². The SMILES string of the molecule is CC(C)C[C@@H]1SCC(=O)Nc2c1cnn2-c1ccccc1F. The highest BCUT2D eigenvalue weighted by Gasteiger charge is 2.27. The number of para-hydroxylation sites is 1. The quantitative estimate of drug-likeness (QED) is 0.936. The fourth-order valence-corrected chi connectivity index (χ4v) is 3.88. The van der Waals surface area contributed by atoms with Crippen LogP contribution in [0.2, 0.25) is 0 Å². The number of hydrogen-bond acceptors (Lipinski definition) is 3. The minimum atomic E-state index is -0.361. The van der Waals surface area contributed by atoms with E-state index < -0.39 is 0 Å². The zero-order valence-corrected chi connectivity index (χ0v) is 13.4. The number of anilines is 1. The second-order valence-corrected chi connectivity index (χ2v) is 6.98. The lowest BCUT2D eigenvalue weighted by atomic mass is 10.0. The molecule has 0 bridgehead atoms. The molecular weight excluding hydrogens is 301 g/mol. The highest BCUT2D eigenvalue weighted by Crippen LogP contribution is 2.41. The number of carbonyl (C=O) groups is 1. The minimum absolute atomic E-state index is 0.0735. The maximum absolute atomic E-state index is 14.1. The van der Waals surface area contributed by atoms with Gasteiger partial charge in [0.25, 0.3) is 0 Å². The van der Waals surface area contributed by atoms with Gasteiger partial charge < -0.3 is 5.32 Å². The fourth-order valence-electron chi connectivity index (χ4n) is 2.59. The molecule has 1 N–H and O–H groups in total. The van der Waals surface area contributed by atoms with Crippen molar-refractivity contribution in [1.29, 1.82) is 0 Å². The highest BCUT2D eigenvalue weighted by molar-refractivity contribution is 8.00. The molecule has 1 atom stereocenters. The Balaban J connectivity index is 2.07. The highest BCUT2D eigenvalue weighted by atomic mass is 32.2. The summed E-state index contributed by atoms with van der Waals surface area (Å²) in [6.07, 6.45) is 2.70. The van der Waals surface area contributed by atoms with Crippen LogP contribution in [0.3, 0.4) is 0 Å². The van der Waals surface area contributed by atoms with Gasteiger partial charge in [-0.15, -0.1) is 11.8 Å². The van der Waals surface area contributed by atoms with Gasteiger partial charge in [0.15, 0.2) is 0 Å². The van der Waals surface area contributed by atoms with Crippen LogP contribution in [0.5, 0.6) is 0 Å². The van der Waals surface area contributed by atoms with Gasteiger partial charge in [-0.05, 0) is 24.5 Å². The summed E-state index contributed by atoms with van der Waals surface area (Å²) in [5, 5.41) is 7.37. The third kappa shape index (κ3) is 2.88. The van der Waals surface area contributed by atoms with E-state index in [1.807, 2.05) is 0 Å². The molecule has 3 rings (SSSR count). The first-order chi connectivity index (χ1) is 10.6. The number of nitrogens with zero attached hydrogens (tertiary/aromatic N) is 2. The predicted molar refractivity (Wildman–Crippen MR) is 86.8 cm³/mol. The number of nitrogens with one attached hydrogen (secondary N) is 1. The van der Waals surface area contributed by atoms with Crippen LogP contribution in [0.4, 0.5) is 10.2 Å². The molecule has 0 saturated heterocycles. The summed E-state index contributed by atoms with van der Waals surface area (Å²) in [5.41, 5.74) is 1.31. The van der Waals surface area contributed by atoms with Crippen molar-refractivity contribution in [2.75, 3.05) is 11.1 Å². The fraction of sp³-hybridized carbons (Fsp3) is 0.375. The van der Waals surface area contributed by atoms with Crippen molar-refractivity contribution in [1.82, 2.24) is 9.78 Å². The molecule has 1 aromatic carbocycles. The van der Waals surface area contributed by atoms with Gasteiger partial charge in [-0.25, -0.2) is 9.07 Å². The van der Waals surface area contributed by atoms with Gasteiger partial charge in [-0.1, -0.05) is 26.0 Å². The molecule has 0 saturated carbocycles. The summed E-state index contributed by atoms with van der Waals surface area (Å²) in [5.74, 6) is 1.07. The Labute approximate surface area is 133 Å². The third-order valence-electron chi connectivity index (χ3n) is 3.58. The van der Waals surface area contributed by atoms with E-state index in [2.05, 4.69) is 24.3 Å². The van der Waals surface area contributed by atoms with Gasteiger partial charge in [0.1, 0.15) is 17.3 Å². The first-order valence-electron chi connectivity index (χ1n) is 7.30. The lowest BCUT2D eigenvalue weighted by Crippen LogP contribution is -2.16. The lowest BCUT2D eigenvalue weighted by molar-refractivity contribution is -0.113. The zero-order chi connectivity index (χ0) is 15.7. The number of carbonyl (C=O) groups excluding carboxylic acids is 1. The van der Waals surface area contributed by atoms with Crippen LogP contribution in [0, 0.1) is 11.7 Å². The molecule has 0 spiro atoms. The van der Waals surface area contributed by atoms with Crippen molar-refractivity contribution in [3.8, 4) is 5.69 Å². The van der Waals surface area contributed by atoms with Crippen LogP contribution in [0.1, 0.15) is 31.1 Å². The number of aromatic nitrogens is 2. The minimum Gasteiger partial charge on any atom is -0.310 e. The first-order valence-corrected chi connectivity index (χ1v) is 8.35. The summed E-state index contributed by atoms with van der Waals surface area (Å²) < 4.78 is 15.5. The van der Waals surface area contributed by atoms with E-state index in [-0.39, 0.29) is 17.0 Å². The molecule has 116 valence electrons. The van der Waals surface area contributed by atoms with Crippen LogP contribution in [0.15, 0.2) is 30.5 Å². The van der Waals surface area contributed by atoms with Crippen molar-refractivity contribution >= 4 is 23.5 Å². The van der Waals surface area contributed by atoms with Crippen molar-refractivity contribution in [2.24, 2.45) is 5.92 Å². The van der Waals surface area contributed by atoms with E-state index in [1.165, 1.54) is 10.7 Å². The van der Waals surface area contributed by atoms with E-state index in [4.69, 9.17) is 0 Å². The number of thioether (sulfide) groups is 1. The summed E-state index contributed by atoms with van der Waals surface area (Å²) >= 11 is 1.62. The molecule has 4 nitrogen and oxygen atoms in total. The zero-order valence-electron chi connectivity index (χ0n) is 12.5. The smallest absolute Gasteiger partial charge is 0.235 e. The Kier molecular flexibility index (Phi) is 4.20. The number of fused-ring (bicyclic) bond motifs is 1. The molecule has 0 radical (unpaired) electrons. The Morgan fingerprint density at radius 1 is 1.45 bits per heavy atom. The summed E-state index contributed by atoms with van der Waals surface area (Å²) in [6.45, 7) is 4.31. The normalized spacial score (nSPS) is 18.0. The Morgan fingerprint density at radius 2 is 2.23 bits per heavy atom. The molecule has 1 amide bonds. The number of halogens is 1. The van der Waals surface area contributed by atoms with Gasteiger partial charge in [-0.2, -0.15) is 5.10 Å². The summed E-state index contributed by atoms with van der Waals surface area (Å²) in [6, 6.07) is 6.44. The van der Waals surface area contributed by atoms with Gasteiger partial charge in [0, 0.05) is 10.8 Å². The molecule has 22 heavy (non-hydrogen) atoms. The molecule has 0 unspecified atom stereocenters. The number of rotatable bonds is 3. The maximum atomic E-state index is 14.1. The van der Waals surface area contributed by atoms with Crippen molar-refractivity contribution in [3.05, 3.63) is 41.8 Å². The predicted octanol–water partition coefficient (Wildman–Crippen LogP) is 3.78. The largest absolute Gasteiger partial charge is 0.310 e. The van der Waals surface area contributed by atoms with Crippen molar-refractivity contribution in [2.45, 2.75) is 25.5 Å². The van der Waals surface area contributed by atoms with Crippen molar-refractivity contribution in [3.63, 3.8) is 0 Å². The molecule has 2 heterocycles. The monoisotopic (exact) mass is 319 g/mol. The third-order valence-corrected chi connectivity index (χ3v) is 4.86. The molecule has 2 aromatic rings. The van der Waals surface area contributed by atoms with E-state index in [1.54, 1.807) is 36.2 Å². The van der Waals surface area contributed by atoms with Crippen LogP contribution < -0.4 is 5.32 Å². The Bertz CT molecular complexity index is 698. The van der Waals surface area contributed by atoms with E-state index in [0.717, 1.165) is 12.0 Å². The van der Waals surface area contributed by atoms with Gasteiger partial charge in [0.2, 0.25) is 5.91 Å². The Morgan fingerprint density at radius 3 is 2.95 bits per heavy atom. The molecule has 1 aliphatic rings. The number of hydrogen-bond donors (Lipinski definition) is 1. The number of benzene rings is 1. The molecule has 1 aromatic heterocycles. The molecule has 1 aliphatic heterocycles. The van der Waals surface area contributed by atoms with E-state index in [9.17, 15) is 9.18 Å². The molecule has 6 heteroatoms. The van der Waals surface area contributed by atoms with E-state index >= 15 is 0 Å². The summed E-state index contributed by atoms with van der Waals surface area (Å²) in [4.78, 5) is 12.0. The first kappa shape index (κ1) is 15.1. The van der Waals surface area contributed by atoms with E-state index in [0.29, 0.717) is 23.2 Å². The van der Waals surface area contributed by atoms with Gasteiger partial charge >= 0.3 is 0 Å². The molecule has 0 aliphatic carbocycles. The van der Waals surface area contributed by atoms with Gasteiger partial charge in [-0.3, -0.25) is 4.79 Å². The average Bonchev–Trinajstić information content (AvgIpc) is 2.80. The second kappa shape index (κ2) is 6.12. The van der Waals surface area contributed by atoms with Crippen LogP contribution in [0.25, 0.3) is 5.69 Å². The summed E-state index contributed by atoms with van der Waals surface area (Å²) in [7, 11) is 0. The van der Waals surface area contributed by atoms with Crippen LogP contribution in [-0.4, -0.2) is 21.4 Å². The molecule has 0 fully saturated rings. The average molecular weight is 319 g/mol. The second-order valence-electron chi connectivity index (χ2n) is 5.79. The maximum Gasteiger partial charge on any atom is 0.235 e. The standard InChI is InChI=1S/C16H18FN3OS/c1-10(2)7-14-11-8-18-20(13-6-4-3-5-12(13)17)16(11)19-15(21)9-22-14/h3-6,8,10,14H,7,9H2,1-2H3,(H,19,21)/t14-/m0/s1. The lowest BCUT2D eigenvalue weighted by Gasteiger charge is -2.15.